The third-order valence-electron chi connectivity index (χ3n) is 3.71. The van der Waals surface area contributed by atoms with Crippen LogP contribution >= 0.6 is 11.8 Å². The van der Waals surface area contributed by atoms with Crippen molar-refractivity contribution in [2.45, 2.75) is 6.04 Å². The Morgan fingerprint density at radius 2 is 1.73 bits per heavy atom. The normalized spacial score (nSPS) is 17.5. The fourth-order valence-electron chi connectivity index (χ4n) is 2.57. The maximum absolute atomic E-state index is 12.9. The standard InChI is InChI=1S/C17H16N2O2S/c18-16(20)15-10-22-11-19(15)17(21)14-9-5-4-8-13(14)12-6-2-1-3-7-12/h1-9,15H,10-11H2,(H2,18,20)/t15-/m0/s1. The van der Waals surface area contributed by atoms with Gasteiger partial charge in [0.05, 0.1) is 5.88 Å². The Hall–Kier alpha value is -2.27. The molecule has 2 aromatic rings. The Morgan fingerprint density at radius 1 is 1.05 bits per heavy atom. The summed E-state index contributed by atoms with van der Waals surface area (Å²) in [5.74, 6) is 0.466. The van der Waals surface area contributed by atoms with Gasteiger partial charge in [-0.2, -0.15) is 0 Å². The van der Waals surface area contributed by atoms with E-state index in [9.17, 15) is 9.59 Å². The van der Waals surface area contributed by atoms with Crippen molar-refractivity contribution >= 4 is 23.6 Å². The van der Waals surface area contributed by atoms with E-state index in [0.29, 0.717) is 17.2 Å². The number of carbonyl (C=O) groups excluding carboxylic acids is 2. The van der Waals surface area contributed by atoms with Gasteiger partial charge >= 0.3 is 0 Å². The molecule has 1 aliphatic rings. The molecule has 2 amide bonds. The lowest BCUT2D eigenvalue weighted by molar-refractivity contribution is -0.121. The molecule has 1 saturated heterocycles. The molecule has 22 heavy (non-hydrogen) atoms. The van der Waals surface area contributed by atoms with Crippen LogP contribution in [0.5, 0.6) is 0 Å². The average Bonchev–Trinajstić information content (AvgIpc) is 3.05. The lowest BCUT2D eigenvalue weighted by Crippen LogP contribution is -2.45. The summed E-state index contributed by atoms with van der Waals surface area (Å²) in [5.41, 5.74) is 7.86. The third-order valence-corrected chi connectivity index (χ3v) is 4.73. The van der Waals surface area contributed by atoms with Crippen LogP contribution in [0.2, 0.25) is 0 Å². The first-order valence-electron chi connectivity index (χ1n) is 7.01. The fourth-order valence-corrected chi connectivity index (χ4v) is 3.74. The van der Waals surface area contributed by atoms with Gasteiger partial charge in [0, 0.05) is 11.3 Å². The molecule has 3 rings (SSSR count). The molecule has 4 nitrogen and oxygen atoms in total. The summed E-state index contributed by atoms with van der Waals surface area (Å²) in [7, 11) is 0. The van der Waals surface area contributed by atoms with Crippen LogP contribution < -0.4 is 5.73 Å². The van der Waals surface area contributed by atoms with Crippen LogP contribution in [0.3, 0.4) is 0 Å². The molecular weight excluding hydrogens is 296 g/mol. The van der Waals surface area contributed by atoms with Gasteiger partial charge in [0.1, 0.15) is 6.04 Å². The lowest BCUT2D eigenvalue weighted by Gasteiger charge is -2.22. The highest BCUT2D eigenvalue weighted by Gasteiger charge is 2.34. The van der Waals surface area contributed by atoms with Crippen molar-refractivity contribution in [3.05, 3.63) is 60.2 Å². The lowest BCUT2D eigenvalue weighted by atomic mass is 9.98. The van der Waals surface area contributed by atoms with Crippen LogP contribution in [0.15, 0.2) is 54.6 Å². The molecule has 0 radical (unpaired) electrons. The van der Waals surface area contributed by atoms with E-state index in [0.717, 1.165) is 11.1 Å². The van der Waals surface area contributed by atoms with E-state index in [1.807, 2.05) is 48.5 Å². The van der Waals surface area contributed by atoms with Gasteiger partial charge in [-0.15, -0.1) is 11.8 Å². The van der Waals surface area contributed by atoms with Crippen molar-refractivity contribution in [3.8, 4) is 11.1 Å². The Morgan fingerprint density at radius 3 is 2.45 bits per heavy atom. The number of hydrogen-bond donors (Lipinski definition) is 1. The summed E-state index contributed by atoms with van der Waals surface area (Å²) in [6.07, 6.45) is 0. The summed E-state index contributed by atoms with van der Waals surface area (Å²) < 4.78 is 0. The zero-order valence-electron chi connectivity index (χ0n) is 11.9. The maximum Gasteiger partial charge on any atom is 0.255 e. The highest BCUT2D eigenvalue weighted by Crippen LogP contribution is 2.28. The minimum Gasteiger partial charge on any atom is -0.368 e. The van der Waals surface area contributed by atoms with Gasteiger partial charge in [-0.25, -0.2) is 0 Å². The highest BCUT2D eigenvalue weighted by atomic mass is 32.2. The smallest absolute Gasteiger partial charge is 0.255 e. The van der Waals surface area contributed by atoms with E-state index in [4.69, 9.17) is 5.73 Å². The minimum atomic E-state index is -0.527. The van der Waals surface area contributed by atoms with Crippen LogP contribution in [-0.4, -0.2) is 34.4 Å². The topological polar surface area (TPSA) is 63.4 Å². The molecule has 0 aromatic heterocycles. The minimum absolute atomic E-state index is 0.145. The van der Waals surface area contributed by atoms with Crippen LogP contribution in [0.1, 0.15) is 10.4 Å². The summed E-state index contributed by atoms with van der Waals surface area (Å²) in [5, 5.41) is 0. The van der Waals surface area contributed by atoms with Crippen LogP contribution in [-0.2, 0) is 4.79 Å². The Balaban J connectivity index is 1.99. The second-order valence-electron chi connectivity index (χ2n) is 5.10. The molecule has 1 aliphatic heterocycles. The molecule has 0 saturated carbocycles. The predicted molar refractivity (Wildman–Crippen MR) is 88.4 cm³/mol. The first-order chi connectivity index (χ1) is 10.7. The van der Waals surface area contributed by atoms with Crippen molar-refractivity contribution in [2.24, 2.45) is 5.73 Å². The van der Waals surface area contributed by atoms with Crippen molar-refractivity contribution in [2.75, 3.05) is 11.6 Å². The molecule has 1 heterocycles. The van der Waals surface area contributed by atoms with Crippen LogP contribution in [0.25, 0.3) is 11.1 Å². The van der Waals surface area contributed by atoms with Gasteiger partial charge in [0.15, 0.2) is 0 Å². The fraction of sp³-hybridized carbons (Fsp3) is 0.176. The number of hydrogen-bond acceptors (Lipinski definition) is 3. The van der Waals surface area contributed by atoms with Crippen molar-refractivity contribution < 1.29 is 9.59 Å². The summed E-state index contributed by atoms with van der Waals surface area (Å²) >= 11 is 1.55. The number of rotatable bonds is 3. The molecule has 0 spiro atoms. The number of nitrogens with zero attached hydrogens (tertiary/aromatic N) is 1. The van der Waals surface area contributed by atoms with E-state index in [1.165, 1.54) is 0 Å². The molecular formula is C17H16N2O2S. The molecule has 1 fully saturated rings. The molecule has 112 valence electrons. The monoisotopic (exact) mass is 312 g/mol. The first-order valence-corrected chi connectivity index (χ1v) is 8.16. The van der Waals surface area contributed by atoms with Crippen LogP contribution in [0.4, 0.5) is 0 Å². The molecule has 2 aromatic carbocycles. The number of primary amides is 1. The summed E-state index contributed by atoms with van der Waals surface area (Å²) in [6, 6.07) is 16.7. The zero-order chi connectivity index (χ0) is 15.5. The van der Waals surface area contributed by atoms with Crippen molar-refractivity contribution in [3.63, 3.8) is 0 Å². The Bertz CT molecular complexity index is 703. The number of carbonyl (C=O) groups is 2. The number of benzene rings is 2. The van der Waals surface area contributed by atoms with E-state index < -0.39 is 11.9 Å². The highest BCUT2D eigenvalue weighted by molar-refractivity contribution is 7.99. The molecule has 0 bridgehead atoms. The zero-order valence-corrected chi connectivity index (χ0v) is 12.8. The molecule has 0 unspecified atom stereocenters. The van der Waals surface area contributed by atoms with Gasteiger partial charge in [-0.1, -0.05) is 48.5 Å². The summed E-state index contributed by atoms with van der Waals surface area (Å²) in [4.78, 5) is 25.9. The van der Waals surface area contributed by atoms with E-state index in [1.54, 1.807) is 22.7 Å². The molecule has 2 N–H and O–H groups in total. The van der Waals surface area contributed by atoms with Gasteiger partial charge < -0.3 is 10.6 Å². The van der Waals surface area contributed by atoms with Gasteiger partial charge in [0.2, 0.25) is 5.91 Å². The SMILES string of the molecule is NC(=O)[C@@H]1CSCN1C(=O)c1ccccc1-c1ccccc1. The third kappa shape index (κ3) is 2.72. The number of amides is 2. The van der Waals surface area contributed by atoms with E-state index >= 15 is 0 Å². The van der Waals surface area contributed by atoms with Gasteiger partial charge in [-0.3, -0.25) is 9.59 Å². The summed E-state index contributed by atoms with van der Waals surface area (Å²) in [6.45, 7) is 0. The second-order valence-corrected chi connectivity index (χ2v) is 6.10. The molecule has 5 heteroatoms. The van der Waals surface area contributed by atoms with Crippen LogP contribution in [0, 0.1) is 0 Å². The first kappa shape index (κ1) is 14.7. The Labute approximate surface area is 133 Å². The van der Waals surface area contributed by atoms with Gasteiger partial charge in [0.25, 0.3) is 5.91 Å². The van der Waals surface area contributed by atoms with Crippen molar-refractivity contribution in [1.82, 2.24) is 4.90 Å². The predicted octanol–water partition coefficient (Wildman–Crippen LogP) is 2.35. The quantitative estimate of drug-likeness (QED) is 0.946. The Kier molecular flexibility index (Phi) is 4.15. The average molecular weight is 312 g/mol. The van der Waals surface area contributed by atoms with E-state index in [-0.39, 0.29) is 5.91 Å². The maximum atomic E-state index is 12.9. The number of thioether (sulfide) groups is 1. The van der Waals surface area contributed by atoms with Gasteiger partial charge in [-0.05, 0) is 17.2 Å². The number of nitrogens with two attached hydrogens (primary N) is 1. The molecule has 1 atom stereocenters. The molecule has 0 aliphatic carbocycles. The largest absolute Gasteiger partial charge is 0.368 e. The van der Waals surface area contributed by atoms with E-state index in [2.05, 4.69) is 0 Å². The second kappa shape index (κ2) is 6.23. The van der Waals surface area contributed by atoms with Crippen molar-refractivity contribution in [1.29, 1.82) is 0 Å².